The van der Waals surface area contributed by atoms with E-state index in [9.17, 15) is 22.9 Å². The summed E-state index contributed by atoms with van der Waals surface area (Å²) in [4.78, 5) is 12.3. The van der Waals surface area contributed by atoms with E-state index in [0.717, 1.165) is 57.8 Å². The van der Waals surface area contributed by atoms with Gasteiger partial charge in [-0.05, 0) is 57.8 Å². The molecule has 0 aliphatic carbocycles. The van der Waals surface area contributed by atoms with Crippen LogP contribution in [-0.2, 0) is 14.9 Å². The molecule has 0 aliphatic rings. The van der Waals surface area contributed by atoms with E-state index in [4.69, 9.17) is 0 Å². The van der Waals surface area contributed by atoms with Gasteiger partial charge in [-0.15, -0.1) is 0 Å². The molecular weight excluding hydrogens is 486 g/mol. The van der Waals surface area contributed by atoms with Crippen molar-refractivity contribution in [3.05, 3.63) is 60.8 Å². The maximum atomic E-state index is 12.3. The Balaban J connectivity index is 4.21. The molecule has 0 spiro atoms. The molecule has 212 valence electrons. The van der Waals surface area contributed by atoms with Crippen molar-refractivity contribution in [2.24, 2.45) is 0 Å². The predicted molar refractivity (Wildman–Crippen MR) is 156 cm³/mol. The molecule has 0 radical (unpaired) electrons. The zero-order valence-electron chi connectivity index (χ0n) is 23.1. The number of aliphatic hydroxyl groups is 1. The Morgan fingerprint density at radius 1 is 0.757 bits per heavy atom. The molecule has 7 heteroatoms. The first-order chi connectivity index (χ1) is 17.8. The topological polar surface area (TPSA) is 104 Å². The van der Waals surface area contributed by atoms with E-state index in [-0.39, 0.29) is 12.3 Å². The monoisotopic (exact) mass is 537 g/mol. The summed E-state index contributed by atoms with van der Waals surface area (Å²) in [5, 5.41) is 12.9. The number of carbonyl (C=O) groups excluding carboxylic acids is 1. The third kappa shape index (κ3) is 25.5. The van der Waals surface area contributed by atoms with Gasteiger partial charge in [-0.25, -0.2) is 0 Å². The van der Waals surface area contributed by atoms with E-state index in [1.165, 1.54) is 25.3 Å². The summed E-state index contributed by atoms with van der Waals surface area (Å²) in [6.07, 6.45) is 32.2. The number of amides is 1. The van der Waals surface area contributed by atoms with Crippen molar-refractivity contribution in [3.63, 3.8) is 0 Å². The summed E-state index contributed by atoms with van der Waals surface area (Å²) in [5.41, 5.74) is 0. The van der Waals surface area contributed by atoms with Gasteiger partial charge in [-0.3, -0.25) is 9.35 Å². The molecule has 0 heterocycles. The molecule has 0 saturated carbocycles. The van der Waals surface area contributed by atoms with E-state index in [1.807, 2.05) is 6.08 Å². The normalized spacial score (nSPS) is 14.6. The first-order valence-electron chi connectivity index (χ1n) is 14.0. The molecule has 0 saturated heterocycles. The third-order valence-electron chi connectivity index (χ3n) is 5.70. The fourth-order valence-electron chi connectivity index (χ4n) is 3.61. The first kappa shape index (κ1) is 35.0. The Labute approximate surface area is 226 Å². The molecule has 2 atom stereocenters. The van der Waals surface area contributed by atoms with Gasteiger partial charge < -0.3 is 10.4 Å². The second-order valence-electron chi connectivity index (χ2n) is 9.29. The van der Waals surface area contributed by atoms with Crippen LogP contribution in [0.25, 0.3) is 0 Å². The molecule has 0 aromatic carbocycles. The van der Waals surface area contributed by atoms with Crippen LogP contribution in [0.5, 0.6) is 0 Å². The summed E-state index contributed by atoms with van der Waals surface area (Å²) in [5.74, 6) is -1.05. The number of nitrogens with one attached hydrogen (secondary N) is 1. The van der Waals surface area contributed by atoms with Gasteiger partial charge in [0.2, 0.25) is 5.91 Å². The molecular formula is C30H51NO5S. The lowest BCUT2D eigenvalue weighted by molar-refractivity contribution is -0.122. The maximum Gasteiger partial charge on any atom is 0.267 e. The Morgan fingerprint density at radius 2 is 1.30 bits per heavy atom. The molecule has 6 nitrogen and oxygen atoms in total. The number of hydrogen-bond donors (Lipinski definition) is 3. The second-order valence-corrected chi connectivity index (χ2v) is 10.8. The van der Waals surface area contributed by atoms with E-state index in [0.29, 0.717) is 6.42 Å². The van der Waals surface area contributed by atoms with Crippen molar-refractivity contribution in [1.29, 1.82) is 0 Å². The Bertz CT molecular complexity index is 812. The lowest BCUT2D eigenvalue weighted by atomic mass is 10.1. The fourth-order valence-corrected chi connectivity index (χ4v) is 4.35. The van der Waals surface area contributed by atoms with Crippen molar-refractivity contribution in [2.75, 3.05) is 5.75 Å². The number of unbranched alkanes of at least 4 members (excludes halogenated alkanes) is 7. The van der Waals surface area contributed by atoms with Crippen LogP contribution in [0.2, 0.25) is 0 Å². The highest BCUT2D eigenvalue weighted by atomic mass is 32.2. The minimum absolute atomic E-state index is 0.239. The van der Waals surface area contributed by atoms with Crippen LogP contribution in [0.3, 0.4) is 0 Å². The molecule has 3 N–H and O–H groups in total. The molecule has 0 aliphatic heterocycles. The predicted octanol–water partition coefficient (Wildman–Crippen LogP) is 7.00. The van der Waals surface area contributed by atoms with E-state index in [2.05, 4.69) is 67.8 Å². The van der Waals surface area contributed by atoms with Gasteiger partial charge in [-0.1, -0.05) is 100 Å². The second kappa shape index (κ2) is 24.4. The minimum atomic E-state index is -4.34. The van der Waals surface area contributed by atoms with Crippen molar-refractivity contribution in [2.45, 2.75) is 116 Å². The van der Waals surface area contributed by atoms with Crippen LogP contribution in [0.15, 0.2) is 60.8 Å². The van der Waals surface area contributed by atoms with Gasteiger partial charge in [0, 0.05) is 6.42 Å². The molecule has 1 amide bonds. The summed E-state index contributed by atoms with van der Waals surface area (Å²) in [7, 11) is -4.34. The highest BCUT2D eigenvalue weighted by molar-refractivity contribution is 7.85. The zero-order chi connectivity index (χ0) is 27.6. The highest BCUT2D eigenvalue weighted by Gasteiger charge is 2.24. The minimum Gasteiger partial charge on any atom is -0.387 e. The highest BCUT2D eigenvalue weighted by Crippen LogP contribution is 2.08. The molecule has 0 rings (SSSR count). The van der Waals surface area contributed by atoms with Gasteiger partial charge >= 0.3 is 0 Å². The van der Waals surface area contributed by atoms with Gasteiger partial charge in [0.15, 0.2) is 0 Å². The van der Waals surface area contributed by atoms with Crippen LogP contribution in [0, 0.1) is 0 Å². The largest absolute Gasteiger partial charge is 0.387 e. The molecule has 0 fully saturated rings. The van der Waals surface area contributed by atoms with E-state index >= 15 is 0 Å². The Hall–Kier alpha value is -1.96. The van der Waals surface area contributed by atoms with Crippen LogP contribution in [0.1, 0.15) is 104 Å². The quantitative estimate of drug-likeness (QED) is 0.0739. The lowest BCUT2D eigenvalue weighted by Crippen LogP contribution is -2.46. The summed E-state index contributed by atoms with van der Waals surface area (Å²) < 4.78 is 32.0. The van der Waals surface area contributed by atoms with Gasteiger partial charge in [-0.2, -0.15) is 8.42 Å². The van der Waals surface area contributed by atoms with E-state index < -0.39 is 28.0 Å². The SMILES string of the molecule is CC/C=C\C/C=C\C/C=C\C/C=C\CCCCC(=O)NC(CS(=O)(=O)O)C(O)/C=C/CCCCCCC. The molecule has 2 unspecified atom stereocenters. The van der Waals surface area contributed by atoms with Crippen LogP contribution < -0.4 is 5.32 Å². The van der Waals surface area contributed by atoms with Crippen LogP contribution in [0.4, 0.5) is 0 Å². The summed E-state index contributed by atoms with van der Waals surface area (Å²) >= 11 is 0. The Kier molecular flexibility index (Phi) is 23.1. The van der Waals surface area contributed by atoms with E-state index in [1.54, 1.807) is 0 Å². The van der Waals surface area contributed by atoms with Crippen LogP contribution in [-0.4, -0.2) is 41.9 Å². The lowest BCUT2D eigenvalue weighted by Gasteiger charge is -2.21. The zero-order valence-corrected chi connectivity index (χ0v) is 23.9. The van der Waals surface area contributed by atoms with Gasteiger partial charge in [0.25, 0.3) is 10.1 Å². The maximum absolute atomic E-state index is 12.3. The number of aliphatic hydroxyl groups excluding tert-OH is 1. The number of carbonyl (C=O) groups is 1. The van der Waals surface area contributed by atoms with Crippen molar-refractivity contribution in [1.82, 2.24) is 5.32 Å². The molecule has 37 heavy (non-hydrogen) atoms. The third-order valence-corrected chi connectivity index (χ3v) is 6.48. The fraction of sp³-hybridized carbons (Fsp3) is 0.633. The Morgan fingerprint density at radius 3 is 1.89 bits per heavy atom. The average molecular weight is 538 g/mol. The average Bonchev–Trinajstić information content (AvgIpc) is 2.84. The summed E-state index contributed by atoms with van der Waals surface area (Å²) in [6, 6.07) is -1.08. The van der Waals surface area contributed by atoms with Gasteiger partial charge in [0.05, 0.1) is 17.9 Å². The smallest absolute Gasteiger partial charge is 0.267 e. The number of allylic oxidation sites excluding steroid dienone is 9. The molecule has 0 aromatic rings. The first-order valence-corrected chi connectivity index (χ1v) is 15.6. The van der Waals surface area contributed by atoms with Crippen molar-refractivity contribution in [3.8, 4) is 0 Å². The van der Waals surface area contributed by atoms with Crippen molar-refractivity contribution < 1.29 is 22.9 Å². The number of hydrogen-bond acceptors (Lipinski definition) is 4. The summed E-state index contributed by atoms with van der Waals surface area (Å²) in [6.45, 7) is 4.29. The van der Waals surface area contributed by atoms with Crippen LogP contribution >= 0.6 is 0 Å². The molecule has 0 aromatic heterocycles. The van der Waals surface area contributed by atoms with Crippen molar-refractivity contribution >= 4 is 16.0 Å². The van der Waals surface area contributed by atoms with Gasteiger partial charge in [0.1, 0.15) is 0 Å². The molecule has 0 bridgehead atoms. The standard InChI is InChI=1S/C30H51NO5S/c1-3-5-7-9-11-12-13-14-15-16-17-18-20-22-24-26-30(33)31-28(27-37(34,35)36)29(32)25-23-21-19-10-8-6-4-2/h5,7,11-12,14-15,17-18,23,25,28-29,32H,3-4,6,8-10,13,16,19-22,24,26-27H2,1-2H3,(H,31,33)(H,34,35,36)/b7-5-,12-11-,15-14-,18-17-,25-23+. The number of rotatable bonds is 23.